The molecule has 1 aromatic rings. The number of benzene rings is 1. The maximum atomic E-state index is 11.8. The van der Waals surface area contributed by atoms with Crippen LogP contribution in [0.15, 0.2) is 12.1 Å². The molecule has 1 atom stereocenters. The maximum absolute atomic E-state index is 11.8. The summed E-state index contributed by atoms with van der Waals surface area (Å²) in [5.41, 5.74) is 6.19. The van der Waals surface area contributed by atoms with E-state index in [1.54, 1.807) is 6.92 Å². The molecule has 0 bridgehead atoms. The van der Waals surface area contributed by atoms with Crippen LogP contribution in [0.4, 0.5) is 5.69 Å². The first kappa shape index (κ1) is 14.1. The minimum atomic E-state index is -0.463. The molecular formula is C11H14Cl2N2O2. The molecule has 94 valence electrons. The Morgan fingerprint density at radius 3 is 2.76 bits per heavy atom. The van der Waals surface area contributed by atoms with Crippen molar-refractivity contribution >= 4 is 34.8 Å². The summed E-state index contributed by atoms with van der Waals surface area (Å²) in [7, 11) is 0. The Balaban J connectivity index is 2.75. The SMILES string of the molecule is CC(O)CCNC(=O)c1cc(N)cc(Cl)c1Cl. The van der Waals surface area contributed by atoms with E-state index in [4.69, 9.17) is 34.0 Å². The fourth-order valence-corrected chi connectivity index (χ4v) is 1.69. The van der Waals surface area contributed by atoms with Gasteiger partial charge in [-0.15, -0.1) is 0 Å². The molecule has 0 aliphatic carbocycles. The molecule has 0 radical (unpaired) electrons. The van der Waals surface area contributed by atoms with Crippen molar-refractivity contribution in [2.75, 3.05) is 12.3 Å². The molecule has 6 heteroatoms. The van der Waals surface area contributed by atoms with Crippen LogP contribution >= 0.6 is 23.2 Å². The van der Waals surface area contributed by atoms with Crippen LogP contribution in [-0.4, -0.2) is 23.7 Å². The molecule has 1 unspecified atom stereocenters. The molecule has 1 amide bonds. The Kier molecular flexibility index (Phi) is 5.05. The van der Waals surface area contributed by atoms with Gasteiger partial charge in [-0.2, -0.15) is 0 Å². The molecule has 1 aromatic carbocycles. The van der Waals surface area contributed by atoms with Gasteiger partial charge >= 0.3 is 0 Å². The van der Waals surface area contributed by atoms with E-state index in [-0.39, 0.29) is 21.5 Å². The van der Waals surface area contributed by atoms with Crippen LogP contribution in [-0.2, 0) is 0 Å². The Morgan fingerprint density at radius 1 is 1.53 bits per heavy atom. The summed E-state index contributed by atoms with van der Waals surface area (Å²) >= 11 is 11.7. The monoisotopic (exact) mass is 276 g/mol. The molecule has 4 nitrogen and oxygen atoms in total. The zero-order chi connectivity index (χ0) is 13.0. The number of anilines is 1. The lowest BCUT2D eigenvalue weighted by Crippen LogP contribution is -2.26. The van der Waals surface area contributed by atoms with Gasteiger partial charge in [0.1, 0.15) is 0 Å². The minimum Gasteiger partial charge on any atom is -0.399 e. The van der Waals surface area contributed by atoms with Gasteiger partial charge in [-0.1, -0.05) is 23.2 Å². The van der Waals surface area contributed by atoms with Crippen molar-refractivity contribution in [1.82, 2.24) is 5.32 Å². The number of rotatable bonds is 4. The van der Waals surface area contributed by atoms with Crippen LogP contribution in [0.5, 0.6) is 0 Å². The van der Waals surface area contributed by atoms with E-state index < -0.39 is 6.10 Å². The summed E-state index contributed by atoms with van der Waals surface area (Å²) in [5, 5.41) is 12.1. The molecule has 0 aromatic heterocycles. The van der Waals surface area contributed by atoms with Gasteiger partial charge in [0.05, 0.1) is 21.7 Å². The number of aliphatic hydroxyl groups excluding tert-OH is 1. The average Bonchev–Trinajstić information content (AvgIpc) is 2.22. The van der Waals surface area contributed by atoms with E-state index >= 15 is 0 Å². The molecule has 0 fully saturated rings. The van der Waals surface area contributed by atoms with Gasteiger partial charge in [0, 0.05) is 12.2 Å². The Morgan fingerprint density at radius 2 is 2.18 bits per heavy atom. The fourth-order valence-electron chi connectivity index (χ4n) is 1.27. The first-order valence-corrected chi connectivity index (χ1v) is 5.88. The van der Waals surface area contributed by atoms with Crippen molar-refractivity contribution in [1.29, 1.82) is 0 Å². The summed E-state index contributed by atoms with van der Waals surface area (Å²) in [6.45, 7) is 2.01. The third-order valence-electron chi connectivity index (χ3n) is 2.14. The number of nitrogen functional groups attached to an aromatic ring is 1. The van der Waals surface area contributed by atoms with Crippen LogP contribution in [0.1, 0.15) is 23.7 Å². The molecule has 0 spiro atoms. The van der Waals surface area contributed by atoms with Gasteiger partial charge in [-0.3, -0.25) is 4.79 Å². The van der Waals surface area contributed by atoms with Crippen molar-refractivity contribution in [2.45, 2.75) is 19.4 Å². The third-order valence-corrected chi connectivity index (χ3v) is 2.94. The highest BCUT2D eigenvalue weighted by molar-refractivity contribution is 6.44. The number of nitrogens with one attached hydrogen (secondary N) is 1. The van der Waals surface area contributed by atoms with E-state index in [9.17, 15) is 4.79 Å². The highest BCUT2D eigenvalue weighted by Gasteiger charge is 2.13. The molecule has 1 rings (SSSR count). The number of carbonyl (C=O) groups is 1. The van der Waals surface area contributed by atoms with Crippen molar-refractivity contribution in [3.8, 4) is 0 Å². The third kappa shape index (κ3) is 4.07. The highest BCUT2D eigenvalue weighted by atomic mass is 35.5. The average molecular weight is 277 g/mol. The van der Waals surface area contributed by atoms with E-state index in [1.807, 2.05) is 0 Å². The number of amides is 1. The lowest BCUT2D eigenvalue weighted by Gasteiger charge is -2.09. The van der Waals surface area contributed by atoms with Crippen molar-refractivity contribution < 1.29 is 9.90 Å². The lowest BCUT2D eigenvalue weighted by molar-refractivity contribution is 0.0946. The summed E-state index contributed by atoms with van der Waals surface area (Å²) in [5.74, 6) is -0.357. The van der Waals surface area contributed by atoms with Gasteiger partial charge in [0.15, 0.2) is 0 Å². The van der Waals surface area contributed by atoms with Crippen LogP contribution in [0.3, 0.4) is 0 Å². The second kappa shape index (κ2) is 6.10. The standard InChI is InChI=1S/C11H14Cl2N2O2/c1-6(16)2-3-15-11(17)8-4-7(14)5-9(12)10(8)13/h4-6,16H,2-3,14H2,1H3,(H,15,17). The molecule has 0 heterocycles. The van der Waals surface area contributed by atoms with Crippen LogP contribution in [0, 0.1) is 0 Å². The summed E-state index contributed by atoms with van der Waals surface area (Å²) < 4.78 is 0. The van der Waals surface area contributed by atoms with E-state index in [0.717, 1.165) is 0 Å². The molecule has 0 aliphatic rings. The fraction of sp³-hybridized carbons (Fsp3) is 0.364. The predicted octanol–water partition coefficient (Wildman–Crippen LogP) is 2.08. The highest BCUT2D eigenvalue weighted by Crippen LogP contribution is 2.28. The van der Waals surface area contributed by atoms with Crippen molar-refractivity contribution in [2.24, 2.45) is 0 Å². The number of hydrogen-bond acceptors (Lipinski definition) is 3. The molecule has 0 saturated carbocycles. The molecule has 17 heavy (non-hydrogen) atoms. The van der Waals surface area contributed by atoms with E-state index in [1.165, 1.54) is 12.1 Å². The topological polar surface area (TPSA) is 75.3 Å². The Hall–Kier alpha value is -0.970. The number of nitrogens with two attached hydrogens (primary N) is 1. The quantitative estimate of drug-likeness (QED) is 0.737. The second-order valence-electron chi connectivity index (χ2n) is 3.76. The lowest BCUT2D eigenvalue weighted by atomic mass is 10.2. The second-order valence-corrected chi connectivity index (χ2v) is 4.54. The number of carbonyl (C=O) groups excluding carboxylic acids is 1. The molecule has 0 saturated heterocycles. The van der Waals surface area contributed by atoms with Gasteiger partial charge in [0.2, 0.25) is 0 Å². The molecule has 4 N–H and O–H groups in total. The van der Waals surface area contributed by atoms with Crippen molar-refractivity contribution in [3.63, 3.8) is 0 Å². The van der Waals surface area contributed by atoms with Crippen LogP contribution < -0.4 is 11.1 Å². The number of aliphatic hydroxyl groups is 1. The molecule has 0 aliphatic heterocycles. The minimum absolute atomic E-state index is 0.176. The van der Waals surface area contributed by atoms with Gasteiger partial charge in [0.25, 0.3) is 5.91 Å². The van der Waals surface area contributed by atoms with Gasteiger partial charge in [-0.05, 0) is 25.5 Å². The van der Waals surface area contributed by atoms with Crippen LogP contribution in [0.2, 0.25) is 10.0 Å². The zero-order valence-electron chi connectivity index (χ0n) is 9.34. The maximum Gasteiger partial charge on any atom is 0.252 e. The van der Waals surface area contributed by atoms with Crippen LogP contribution in [0.25, 0.3) is 0 Å². The van der Waals surface area contributed by atoms with E-state index in [2.05, 4.69) is 5.32 Å². The zero-order valence-corrected chi connectivity index (χ0v) is 10.8. The van der Waals surface area contributed by atoms with Gasteiger partial charge < -0.3 is 16.2 Å². The van der Waals surface area contributed by atoms with Gasteiger partial charge in [-0.25, -0.2) is 0 Å². The summed E-state index contributed by atoms with van der Waals surface area (Å²) in [6.07, 6.45) is 0.00886. The number of halogens is 2. The first-order chi connectivity index (χ1) is 7.91. The summed E-state index contributed by atoms with van der Waals surface area (Å²) in [6, 6.07) is 2.95. The first-order valence-electron chi connectivity index (χ1n) is 5.12. The smallest absolute Gasteiger partial charge is 0.252 e. The van der Waals surface area contributed by atoms with Crippen molar-refractivity contribution in [3.05, 3.63) is 27.7 Å². The Bertz CT molecular complexity index is 422. The summed E-state index contributed by atoms with van der Waals surface area (Å²) in [4.78, 5) is 11.8. The predicted molar refractivity (Wildman–Crippen MR) is 69.5 cm³/mol. The molecular weight excluding hydrogens is 263 g/mol. The Labute approximate surface area is 110 Å². The normalized spacial score (nSPS) is 12.2. The number of hydrogen-bond donors (Lipinski definition) is 3. The van der Waals surface area contributed by atoms with E-state index in [0.29, 0.717) is 18.7 Å². The largest absolute Gasteiger partial charge is 0.399 e.